The Morgan fingerprint density at radius 3 is 2.36 bits per heavy atom. The quantitative estimate of drug-likeness (QED) is 0.407. The van der Waals surface area contributed by atoms with E-state index in [4.69, 9.17) is 25.8 Å². The first-order chi connectivity index (χ1) is 15.7. The number of nitrogens with zero attached hydrogens (tertiary/aromatic N) is 1. The van der Waals surface area contributed by atoms with Crippen LogP contribution in [-0.4, -0.2) is 24.2 Å². The Morgan fingerprint density at radius 2 is 1.73 bits per heavy atom. The summed E-state index contributed by atoms with van der Waals surface area (Å²) in [7, 11) is 1.49. The molecule has 5 nitrogen and oxygen atoms in total. The highest BCUT2D eigenvalue weighted by atomic mass is 35.5. The zero-order valence-electron chi connectivity index (χ0n) is 18.3. The van der Waals surface area contributed by atoms with Gasteiger partial charge in [-0.1, -0.05) is 30.7 Å². The van der Waals surface area contributed by atoms with Crippen molar-refractivity contribution >= 4 is 11.6 Å². The van der Waals surface area contributed by atoms with Crippen LogP contribution in [0.15, 0.2) is 65.6 Å². The molecule has 33 heavy (non-hydrogen) atoms. The van der Waals surface area contributed by atoms with Crippen LogP contribution in [0, 0.1) is 5.41 Å². The number of hydrogen-bond donors (Lipinski definition) is 0. The van der Waals surface area contributed by atoms with Crippen molar-refractivity contribution < 1.29 is 23.0 Å². The van der Waals surface area contributed by atoms with Crippen LogP contribution in [0.25, 0.3) is 5.69 Å². The summed E-state index contributed by atoms with van der Waals surface area (Å²) in [5.41, 5.74) is 0.674. The van der Waals surface area contributed by atoms with Gasteiger partial charge in [-0.3, -0.25) is 9.36 Å². The molecule has 1 saturated carbocycles. The van der Waals surface area contributed by atoms with E-state index in [1.54, 1.807) is 49.5 Å². The molecule has 1 aromatic heterocycles. The van der Waals surface area contributed by atoms with E-state index < -0.39 is 11.3 Å². The van der Waals surface area contributed by atoms with E-state index >= 15 is 0 Å². The van der Waals surface area contributed by atoms with Gasteiger partial charge in [0.25, 0.3) is 5.56 Å². The van der Waals surface area contributed by atoms with Crippen LogP contribution in [0.4, 0.5) is 8.78 Å². The number of benzene rings is 2. The van der Waals surface area contributed by atoms with Crippen molar-refractivity contribution in [3.8, 4) is 22.9 Å². The molecule has 0 saturated heterocycles. The molecule has 0 aliphatic heterocycles. The molecular formula is C25H24ClF2NO4. The lowest BCUT2D eigenvalue weighted by Crippen LogP contribution is -2.47. The summed E-state index contributed by atoms with van der Waals surface area (Å²) >= 11 is 5.88. The molecule has 0 spiro atoms. The van der Waals surface area contributed by atoms with Crippen molar-refractivity contribution in [1.82, 2.24) is 4.57 Å². The Bertz CT molecular complexity index is 1190. The predicted octanol–water partition coefficient (Wildman–Crippen LogP) is 5.89. The summed E-state index contributed by atoms with van der Waals surface area (Å²) in [5.74, 6) is -1.31. The number of ether oxygens (including phenoxy) is 3. The highest BCUT2D eigenvalue weighted by Gasteiger charge is 2.54. The van der Waals surface area contributed by atoms with Crippen molar-refractivity contribution in [2.24, 2.45) is 5.41 Å². The smallest absolute Gasteiger partial charge is 0.258 e. The van der Waals surface area contributed by atoms with Crippen LogP contribution in [-0.2, 0) is 6.61 Å². The summed E-state index contributed by atoms with van der Waals surface area (Å²) in [6, 6.07) is 15.4. The highest BCUT2D eigenvalue weighted by molar-refractivity contribution is 6.30. The molecular weight excluding hydrogens is 452 g/mol. The average Bonchev–Trinajstić information content (AvgIpc) is 2.76. The lowest BCUT2D eigenvalue weighted by molar-refractivity contribution is -0.164. The largest absolute Gasteiger partial charge is 0.493 e. The van der Waals surface area contributed by atoms with E-state index in [-0.39, 0.29) is 25.0 Å². The summed E-state index contributed by atoms with van der Waals surface area (Å²) in [6.07, 6.45) is 1.23. The first-order valence-corrected chi connectivity index (χ1v) is 10.8. The topological polar surface area (TPSA) is 49.7 Å². The van der Waals surface area contributed by atoms with Gasteiger partial charge in [0.05, 0.1) is 19.4 Å². The van der Waals surface area contributed by atoms with Gasteiger partial charge in [0, 0.05) is 41.6 Å². The van der Waals surface area contributed by atoms with Crippen LogP contribution in [0.1, 0.15) is 25.3 Å². The van der Waals surface area contributed by atoms with E-state index in [0.29, 0.717) is 34.6 Å². The maximum Gasteiger partial charge on any atom is 0.258 e. The summed E-state index contributed by atoms with van der Waals surface area (Å²) < 4.78 is 44.8. The van der Waals surface area contributed by atoms with E-state index in [1.165, 1.54) is 17.7 Å². The van der Waals surface area contributed by atoms with Crippen LogP contribution in [0.2, 0.25) is 5.02 Å². The van der Waals surface area contributed by atoms with Crippen LogP contribution in [0.5, 0.6) is 17.2 Å². The van der Waals surface area contributed by atoms with Crippen LogP contribution in [0.3, 0.4) is 0 Å². The van der Waals surface area contributed by atoms with Crippen molar-refractivity contribution in [2.75, 3.05) is 13.7 Å². The SMILES string of the molecule is COc1cc(-n2ccc(OCc3ccc(Cl)cc3)cc2=O)ccc1OCC1(C)CC(F)(F)C1. The van der Waals surface area contributed by atoms with E-state index in [0.717, 1.165) is 5.56 Å². The van der Waals surface area contributed by atoms with Gasteiger partial charge in [0.1, 0.15) is 12.4 Å². The highest BCUT2D eigenvalue weighted by Crippen LogP contribution is 2.52. The Morgan fingerprint density at radius 1 is 1.00 bits per heavy atom. The molecule has 4 rings (SSSR count). The molecule has 8 heteroatoms. The molecule has 1 aliphatic carbocycles. The molecule has 0 radical (unpaired) electrons. The van der Waals surface area contributed by atoms with Gasteiger partial charge in [-0.15, -0.1) is 0 Å². The minimum absolute atomic E-state index is 0.165. The van der Waals surface area contributed by atoms with Crippen molar-refractivity contribution in [3.05, 3.63) is 81.7 Å². The lowest BCUT2D eigenvalue weighted by atomic mass is 9.68. The van der Waals surface area contributed by atoms with Crippen LogP contribution >= 0.6 is 11.6 Å². The fraction of sp³-hybridized carbons (Fsp3) is 0.320. The first-order valence-electron chi connectivity index (χ1n) is 10.5. The number of halogens is 3. The van der Waals surface area contributed by atoms with Gasteiger partial charge >= 0.3 is 0 Å². The van der Waals surface area contributed by atoms with Gasteiger partial charge in [0.2, 0.25) is 5.92 Å². The number of hydrogen-bond acceptors (Lipinski definition) is 4. The van der Waals surface area contributed by atoms with E-state index in [2.05, 4.69) is 0 Å². The lowest BCUT2D eigenvalue weighted by Gasteiger charge is -2.44. The molecule has 0 unspecified atom stereocenters. The van der Waals surface area contributed by atoms with Gasteiger partial charge in [-0.2, -0.15) is 0 Å². The second-order valence-corrected chi connectivity index (χ2v) is 9.07. The second kappa shape index (κ2) is 9.06. The van der Waals surface area contributed by atoms with Crippen molar-refractivity contribution in [3.63, 3.8) is 0 Å². The third-order valence-electron chi connectivity index (χ3n) is 5.58. The predicted molar refractivity (Wildman–Crippen MR) is 122 cm³/mol. The third kappa shape index (κ3) is 5.47. The molecule has 0 bridgehead atoms. The normalized spacial score (nSPS) is 16.0. The standard InChI is InChI=1S/C25H24ClF2NO4/c1-24(14-25(27,28)15-24)16-33-21-8-7-19(11-22(21)31-2)29-10-9-20(12-23(29)30)32-13-17-3-5-18(26)6-4-17/h3-12H,13-16H2,1-2H3. The van der Waals surface area contributed by atoms with Crippen molar-refractivity contribution in [1.29, 1.82) is 0 Å². The zero-order valence-corrected chi connectivity index (χ0v) is 19.1. The molecule has 174 valence electrons. The van der Waals surface area contributed by atoms with Crippen LogP contribution < -0.4 is 19.8 Å². The minimum atomic E-state index is -2.61. The second-order valence-electron chi connectivity index (χ2n) is 8.63. The Hall–Kier alpha value is -3.06. The fourth-order valence-corrected chi connectivity index (χ4v) is 4.11. The number of methoxy groups -OCH3 is 1. The van der Waals surface area contributed by atoms with E-state index in [1.807, 2.05) is 12.1 Å². The minimum Gasteiger partial charge on any atom is -0.493 e. The number of rotatable bonds is 8. The zero-order chi connectivity index (χ0) is 23.6. The Balaban J connectivity index is 1.44. The monoisotopic (exact) mass is 475 g/mol. The van der Waals surface area contributed by atoms with Gasteiger partial charge in [0.15, 0.2) is 11.5 Å². The molecule has 0 amide bonds. The molecule has 0 atom stereocenters. The number of aromatic nitrogens is 1. The molecule has 2 aromatic carbocycles. The maximum absolute atomic E-state index is 13.2. The number of pyridine rings is 1. The number of alkyl halides is 2. The summed E-state index contributed by atoms with van der Waals surface area (Å²) in [5, 5.41) is 0.645. The van der Waals surface area contributed by atoms with Gasteiger partial charge in [-0.25, -0.2) is 8.78 Å². The molecule has 0 N–H and O–H groups in total. The molecule has 1 fully saturated rings. The molecule has 1 heterocycles. The Labute approximate surface area is 195 Å². The summed E-state index contributed by atoms with van der Waals surface area (Å²) in [6.45, 7) is 2.25. The van der Waals surface area contributed by atoms with E-state index in [9.17, 15) is 13.6 Å². The summed E-state index contributed by atoms with van der Waals surface area (Å²) in [4.78, 5) is 12.7. The molecule has 1 aliphatic rings. The maximum atomic E-state index is 13.2. The third-order valence-corrected chi connectivity index (χ3v) is 5.83. The van der Waals surface area contributed by atoms with Gasteiger partial charge in [-0.05, 0) is 35.9 Å². The Kier molecular flexibility index (Phi) is 6.34. The molecule has 3 aromatic rings. The first kappa shape index (κ1) is 23.1. The fourth-order valence-electron chi connectivity index (χ4n) is 3.99. The average molecular weight is 476 g/mol. The van der Waals surface area contributed by atoms with Crippen molar-refractivity contribution in [2.45, 2.75) is 32.3 Å². The van der Waals surface area contributed by atoms with Gasteiger partial charge < -0.3 is 14.2 Å².